The lowest BCUT2D eigenvalue weighted by molar-refractivity contribution is 0.583. The first-order valence-electron chi connectivity index (χ1n) is 4.39. The average molecular weight is 207 g/mol. The van der Waals surface area contributed by atoms with Gasteiger partial charge in [-0.25, -0.2) is 4.98 Å². The maximum Gasteiger partial charge on any atom is 0.241 e. The summed E-state index contributed by atoms with van der Waals surface area (Å²) in [4.78, 5) is 7.44. The summed E-state index contributed by atoms with van der Waals surface area (Å²) in [6, 6.07) is 0. The summed E-state index contributed by atoms with van der Waals surface area (Å²) in [5, 5.41) is 6.73. The van der Waals surface area contributed by atoms with Crippen LogP contribution in [0, 0.1) is 19.8 Å². The lowest BCUT2D eigenvalue weighted by Gasteiger charge is -2.01. The molecule has 0 amide bonds. The lowest BCUT2D eigenvalue weighted by atomic mass is 10.1. The van der Waals surface area contributed by atoms with Gasteiger partial charge < -0.3 is 5.73 Å². The van der Waals surface area contributed by atoms with Crippen LogP contribution in [-0.2, 0) is 0 Å². The van der Waals surface area contributed by atoms with Crippen molar-refractivity contribution in [2.24, 2.45) is 0 Å². The second-order valence-corrected chi connectivity index (χ2v) is 3.24. The molecule has 15 heavy (non-hydrogen) atoms. The van der Waals surface area contributed by atoms with Crippen molar-refractivity contribution in [3.8, 4) is 11.3 Å². The molecule has 0 fully saturated rings. The molecule has 78 valence electrons. The molecular formula is C9H10FN5. The normalized spacial score (nSPS) is 10.6. The van der Waals surface area contributed by atoms with E-state index in [1.807, 2.05) is 0 Å². The SMILES string of the molecule is Cc1n[nH]c(C)c1-c1ncc(N)nc1F. The van der Waals surface area contributed by atoms with Crippen LogP contribution >= 0.6 is 0 Å². The van der Waals surface area contributed by atoms with Gasteiger partial charge in [0, 0.05) is 11.3 Å². The van der Waals surface area contributed by atoms with Crippen LogP contribution in [-0.4, -0.2) is 20.2 Å². The summed E-state index contributed by atoms with van der Waals surface area (Å²) < 4.78 is 13.5. The Balaban J connectivity index is 2.64. The van der Waals surface area contributed by atoms with E-state index in [1.165, 1.54) is 6.20 Å². The van der Waals surface area contributed by atoms with Crippen LogP contribution in [0.15, 0.2) is 6.20 Å². The molecular weight excluding hydrogens is 197 g/mol. The summed E-state index contributed by atoms with van der Waals surface area (Å²) >= 11 is 0. The highest BCUT2D eigenvalue weighted by Crippen LogP contribution is 2.24. The van der Waals surface area contributed by atoms with Crippen molar-refractivity contribution in [1.82, 2.24) is 20.2 Å². The third-order valence-electron chi connectivity index (χ3n) is 2.11. The Morgan fingerprint density at radius 2 is 2.13 bits per heavy atom. The van der Waals surface area contributed by atoms with Gasteiger partial charge in [0.1, 0.15) is 11.5 Å². The minimum Gasteiger partial charge on any atom is -0.382 e. The first kappa shape index (κ1) is 9.57. The standard InChI is InChI=1S/C9H10FN5/c1-4-7(5(2)15-14-4)8-9(10)13-6(11)3-12-8/h3H,1-2H3,(H2,11,13)(H,14,15). The summed E-state index contributed by atoms with van der Waals surface area (Å²) in [5.41, 5.74) is 7.57. The molecule has 0 aliphatic carbocycles. The van der Waals surface area contributed by atoms with Gasteiger partial charge in [-0.3, -0.25) is 5.10 Å². The monoisotopic (exact) mass is 207 g/mol. The first-order chi connectivity index (χ1) is 7.09. The smallest absolute Gasteiger partial charge is 0.241 e. The molecule has 3 N–H and O–H groups in total. The van der Waals surface area contributed by atoms with Crippen molar-refractivity contribution in [2.75, 3.05) is 5.73 Å². The molecule has 0 aromatic carbocycles. The third kappa shape index (κ3) is 1.54. The Bertz CT molecular complexity index is 486. The number of aromatic amines is 1. The summed E-state index contributed by atoms with van der Waals surface area (Å²) in [6.45, 7) is 3.57. The topological polar surface area (TPSA) is 80.5 Å². The van der Waals surface area contributed by atoms with E-state index in [0.717, 1.165) is 5.69 Å². The highest BCUT2D eigenvalue weighted by Gasteiger charge is 2.15. The Morgan fingerprint density at radius 3 is 2.67 bits per heavy atom. The summed E-state index contributed by atoms with van der Waals surface area (Å²) in [6.07, 6.45) is 1.32. The minimum absolute atomic E-state index is 0.0649. The van der Waals surface area contributed by atoms with Crippen molar-refractivity contribution in [3.05, 3.63) is 23.5 Å². The summed E-state index contributed by atoms with van der Waals surface area (Å²) in [5.74, 6) is -0.613. The fraction of sp³-hybridized carbons (Fsp3) is 0.222. The number of aromatic nitrogens is 4. The Kier molecular flexibility index (Phi) is 2.11. The summed E-state index contributed by atoms with van der Waals surface area (Å²) in [7, 11) is 0. The maximum absolute atomic E-state index is 13.5. The van der Waals surface area contributed by atoms with Crippen molar-refractivity contribution in [3.63, 3.8) is 0 Å². The zero-order valence-electron chi connectivity index (χ0n) is 8.37. The van der Waals surface area contributed by atoms with Crippen molar-refractivity contribution >= 4 is 5.82 Å². The number of halogens is 1. The fourth-order valence-corrected chi connectivity index (χ4v) is 1.45. The number of nitrogen functional groups attached to an aromatic ring is 1. The average Bonchev–Trinajstić information content (AvgIpc) is 2.48. The molecule has 0 spiro atoms. The second kappa shape index (κ2) is 3.30. The van der Waals surface area contributed by atoms with Gasteiger partial charge in [-0.05, 0) is 13.8 Å². The quantitative estimate of drug-likeness (QED) is 0.736. The van der Waals surface area contributed by atoms with Crippen molar-refractivity contribution in [2.45, 2.75) is 13.8 Å². The van der Waals surface area contributed by atoms with Crippen LogP contribution in [0.2, 0.25) is 0 Å². The van der Waals surface area contributed by atoms with Gasteiger partial charge in [0.15, 0.2) is 0 Å². The Morgan fingerprint density at radius 1 is 1.40 bits per heavy atom. The molecule has 2 aromatic heterocycles. The van der Waals surface area contributed by atoms with Gasteiger partial charge in [-0.15, -0.1) is 0 Å². The number of aryl methyl sites for hydroxylation is 2. The van der Waals surface area contributed by atoms with Crippen LogP contribution in [0.4, 0.5) is 10.2 Å². The van der Waals surface area contributed by atoms with E-state index < -0.39 is 5.95 Å². The first-order valence-corrected chi connectivity index (χ1v) is 4.39. The molecule has 0 saturated carbocycles. The van der Waals surface area contributed by atoms with Gasteiger partial charge in [0.2, 0.25) is 5.95 Å². The number of nitrogens with one attached hydrogen (secondary N) is 1. The number of hydrogen-bond donors (Lipinski definition) is 2. The predicted molar refractivity (Wildman–Crippen MR) is 53.5 cm³/mol. The molecule has 0 aliphatic rings. The van der Waals surface area contributed by atoms with Gasteiger partial charge in [0.05, 0.1) is 11.9 Å². The van der Waals surface area contributed by atoms with Crippen LogP contribution in [0.3, 0.4) is 0 Å². The fourth-order valence-electron chi connectivity index (χ4n) is 1.45. The van der Waals surface area contributed by atoms with E-state index in [-0.39, 0.29) is 11.5 Å². The predicted octanol–water partition coefficient (Wildman–Crippen LogP) is 1.20. The van der Waals surface area contributed by atoms with Crippen molar-refractivity contribution < 1.29 is 4.39 Å². The number of H-pyrrole nitrogens is 1. The third-order valence-corrected chi connectivity index (χ3v) is 2.11. The highest BCUT2D eigenvalue weighted by molar-refractivity contribution is 5.64. The number of anilines is 1. The Labute approximate surface area is 85.6 Å². The number of nitrogens with zero attached hydrogens (tertiary/aromatic N) is 3. The molecule has 0 aliphatic heterocycles. The molecule has 2 rings (SSSR count). The zero-order valence-corrected chi connectivity index (χ0v) is 8.37. The molecule has 0 radical (unpaired) electrons. The maximum atomic E-state index is 13.5. The van der Waals surface area contributed by atoms with Crippen LogP contribution in [0.1, 0.15) is 11.4 Å². The van der Waals surface area contributed by atoms with Gasteiger partial charge >= 0.3 is 0 Å². The Hall–Kier alpha value is -1.98. The number of rotatable bonds is 1. The number of hydrogen-bond acceptors (Lipinski definition) is 4. The van der Waals surface area contributed by atoms with Gasteiger partial charge in [-0.2, -0.15) is 14.5 Å². The number of nitrogens with two attached hydrogens (primary N) is 1. The molecule has 2 aromatic rings. The van der Waals surface area contributed by atoms with E-state index >= 15 is 0 Å². The second-order valence-electron chi connectivity index (χ2n) is 3.24. The van der Waals surface area contributed by atoms with E-state index in [2.05, 4.69) is 20.2 Å². The molecule has 0 unspecified atom stereocenters. The molecule has 0 bridgehead atoms. The van der Waals surface area contributed by atoms with E-state index in [9.17, 15) is 4.39 Å². The zero-order chi connectivity index (χ0) is 11.0. The van der Waals surface area contributed by atoms with Crippen molar-refractivity contribution in [1.29, 1.82) is 0 Å². The largest absolute Gasteiger partial charge is 0.382 e. The van der Waals surface area contributed by atoms with Crippen LogP contribution < -0.4 is 5.73 Å². The molecule has 0 saturated heterocycles. The van der Waals surface area contributed by atoms with Gasteiger partial charge in [0.25, 0.3) is 0 Å². The molecule has 2 heterocycles. The van der Waals surface area contributed by atoms with E-state index in [1.54, 1.807) is 13.8 Å². The lowest BCUT2D eigenvalue weighted by Crippen LogP contribution is -1.99. The minimum atomic E-state index is -0.678. The molecule has 0 atom stereocenters. The van der Waals surface area contributed by atoms with E-state index in [0.29, 0.717) is 11.3 Å². The van der Waals surface area contributed by atoms with Crippen LogP contribution in [0.5, 0.6) is 0 Å². The molecule has 6 heteroatoms. The molecule has 5 nitrogen and oxygen atoms in total. The van der Waals surface area contributed by atoms with Gasteiger partial charge in [-0.1, -0.05) is 0 Å². The van der Waals surface area contributed by atoms with E-state index in [4.69, 9.17) is 5.73 Å². The highest BCUT2D eigenvalue weighted by atomic mass is 19.1. The van der Waals surface area contributed by atoms with Crippen LogP contribution in [0.25, 0.3) is 11.3 Å².